The Morgan fingerprint density at radius 3 is 2.52 bits per heavy atom. The second-order valence-corrected chi connectivity index (χ2v) is 6.65. The van der Waals surface area contributed by atoms with Crippen LogP contribution in [0, 0.1) is 0 Å². The molecule has 0 aliphatic carbocycles. The molecule has 0 unspecified atom stereocenters. The molecular formula is C13H16N4O3S. The van der Waals surface area contributed by atoms with Crippen LogP contribution in [0.15, 0.2) is 42.7 Å². The Hall–Kier alpha value is -2.19. The van der Waals surface area contributed by atoms with Crippen LogP contribution in [-0.2, 0) is 14.8 Å². The van der Waals surface area contributed by atoms with E-state index in [0.717, 1.165) is 16.2 Å². The van der Waals surface area contributed by atoms with Crippen molar-refractivity contribution >= 4 is 21.6 Å². The molecule has 0 saturated carbocycles. The van der Waals surface area contributed by atoms with Crippen LogP contribution < -0.4 is 5.32 Å². The first kappa shape index (κ1) is 15.2. The number of nitrogens with one attached hydrogen (secondary N) is 1. The van der Waals surface area contributed by atoms with E-state index in [9.17, 15) is 13.2 Å². The van der Waals surface area contributed by atoms with Gasteiger partial charge in [0.05, 0.1) is 18.5 Å². The van der Waals surface area contributed by atoms with E-state index in [1.54, 1.807) is 23.0 Å². The van der Waals surface area contributed by atoms with Crippen molar-refractivity contribution < 1.29 is 13.2 Å². The molecule has 0 spiro atoms. The minimum Gasteiger partial charge on any atom is -0.325 e. The number of hydrogen-bond donors (Lipinski definition) is 1. The largest absolute Gasteiger partial charge is 0.325 e. The standard InChI is InChI=1S/C13H16N4O3S/c1-16(21(2,19)20)10-13(18)15-11-4-6-12(7-5-11)17-9-3-8-14-17/h3-9H,10H2,1-2H3,(H,15,18). The van der Waals surface area contributed by atoms with Gasteiger partial charge in [0.2, 0.25) is 15.9 Å². The van der Waals surface area contributed by atoms with Crippen molar-refractivity contribution in [3.8, 4) is 5.69 Å². The van der Waals surface area contributed by atoms with Gasteiger partial charge in [-0.15, -0.1) is 0 Å². The summed E-state index contributed by atoms with van der Waals surface area (Å²) in [6.45, 7) is -0.222. The summed E-state index contributed by atoms with van der Waals surface area (Å²) in [7, 11) is -2.01. The molecule has 0 saturated heterocycles. The molecule has 8 heteroatoms. The van der Waals surface area contributed by atoms with E-state index in [0.29, 0.717) is 5.69 Å². The Bertz CT molecular complexity index is 708. The van der Waals surface area contributed by atoms with Gasteiger partial charge >= 0.3 is 0 Å². The second kappa shape index (κ2) is 6.06. The van der Waals surface area contributed by atoms with Crippen molar-refractivity contribution in [3.63, 3.8) is 0 Å². The number of anilines is 1. The highest BCUT2D eigenvalue weighted by Crippen LogP contribution is 2.12. The van der Waals surface area contributed by atoms with Crippen LogP contribution in [0.4, 0.5) is 5.69 Å². The maximum atomic E-state index is 11.7. The van der Waals surface area contributed by atoms with Gasteiger partial charge in [-0.2, -0.15) is 9.40 Å². The highest BCUT2D eigenvalue weighted by molar-refractivity contribution is 7.88. The SMILES string of the molecule is CN(CC(=O)Nc1ccc(-n2cccn2)cc1)S(C)(=O)=O. The fourth-order valence-corrected chi connectivity index (χ4v) is 1.99. The van der Waals surface area contributed by atoms with Crippen molar-refractivity contribution in [1.29, 1.82) is 0 Å². The van der Waals surface area contributed by atoms with Crippen LogP contribution in [0.3, 0.4) is 0 Å². The molecule has 0 fully saturated rings. The molecule has 2 aromatic rings. The van der Waals surface area contributed by atoms with Crippen LogP contribution in [0.1, 0.15) is 0 Å². The zero-order chi connectivity index (χ0) is 15.5. The third-order valence-electron chi connectivity index (χ3n) is 2.85. The lowest BCUT2D eigenvalue weighted by Crippen LogP contribution is -2.34. The third-order valence-corrected chi connectivity index (χ3v) is 4.11. The molecule has 1 aromatic heterocycles. The normalized spacial score (nSPS) is 11.6. The summed E-state index contributed by atoms with van der Waals surface area (Å²) < 4.78 is 25.1. The highest BCUT2D eigenvalue weighted by atomic mass is 32.2. The number of amides is 1. The van der Waals surface area contributed by atoms with E-state index in [4.69, 9.17) is 0 Å². The summed E-state index contributed by atoms with van der Waals surface area (Å²) >= 11 is 0. The van der Waals surface area contributed by atoms with E-state index < -0.39 is 15.9 Å². The molecule has 0 atom stereocenters. The Morgan fingerprint density at radius 1 is 1.33 bits per heavy atom. The smallest absolute Gasteiger partial charge is 0.239 e. The fraction of sp³-hybridized carbons (Fsp3) is 0.231. The number of likely N-dealkylation sites (N-methyl/N-ethyl adjacent to an activating group) is 1. The van der Waals surface area contributed by atoms with Gasteiger partial charge in [0.25, 0.3) is 0 Å². The van der Waals surface area contributed by atoms with Crippen LogP contribution in [0.2, 0.25) is 0 Å². The number of benzene rings is 1. The molecule has 1 aromatic carbocycles. The Kier molecular flexibility index (Phi) is 4.39. The van der Waals surface area contributed by atoms with Crippen molar-refractivity contribution in [1.82, 2.24) is 14.1 Å². The number of nitrogens with zero attached hydrogens (tertiary/aromatic N) is 3. The molecule has 2 rings (SSSR count). The van der Waals surface area contributed by atoms with Gasteiger partial charge in [-0.1, -0.05) is 0 Å². The van der Waals surface area contributed by atoms with Crippen molar-refractivity contribution in [3.05, 3.63) is 42.7 Å². The van der Waals surface area contributed by atoms with Crippen molar-refractivity contribution in [2.45, 2.75) is 0 Å². The lowest BCUT2D eigenvalue weighted by Gasteiger charge is -2.13. The lowest BCUT2D eigenvalue weighted by molar-refractivity contribution is -0.116. The average molecular weight is 308 g/mol. The molecular weight excluding hydrogens is 292 g/mol. The molecule has 1 N–H and O–H groups in total. The van der Waals surface area contributed by atoms with E-state index in [2.05, 4.69) is 10.4 Å². The lowest BCUT2D eigenvalue weighted by atomic mass is 10.3. The molecule has 1 amide bonds. The van der Waals surface area contributed by atoms with Gasteiger partial charge in [0.1, 0.15) is 0 Å². The predicted molar refractivity (Wildman–Crippen MR) is 79.7 cm³/mol. The minimum absolute atomic E-state index is 0.222. The first-order chi connectivity index (χ1) is 9.86. The third kappa shape index (κ3) is 4.14. The summed E-state index contributed by atoms with van der Waals surface area (Å²) in [6, 6.07) is 8.90. The molecule has 21 heavy (non-hydrogen) atoms. The van der Waals surface area contributed by atoms with Gasteiger partial charge in [0, 0.05) is 25.1 Å². The zero-order valence-electron chi connectivity index (χ0n) is 11.7. The number of carbonyl (C=O) groups excluding carboxylic acids is 1. The molecule has 0 bridgehead atoms. The van der Waals surface area contributed by atoms with Crippen LogP contribution in [-0.4, -0.2) is 48.3 Å². The number of sulfonamides is 1. The molecule has 1 heterocycles. The van der Waals surface area contributed by atoms with Crippen LogP contribution in [0.25, 0.3) is 5.69 Å². The van der Waals surface area contributed by atoms with Gasteiger partial charge in [0.15, 0.2) is 0 Å². The van der Waals surface area contributed by atoms with E-state index in [1.165, 1.54) is 7.05 Å². The van der Waals surface area contributed by atoms with Gasteiger partial charge in [-0.3, -0.25) is 4.79 Å². The summed E-state index contributed by atoms with van der Waals surface area (Å²) in [5.74, 6) is -0.394. The Morgan fingerprint density at radius 2 is 2.00 bits per heavy atom. The number of rotatable bonds is 5. The monoisotopic (exact) mass is 308 g/mol. The summed E-state index contributed by atoms with van der Waals surface area (Å²) in [6.07, 6.45) is 4.55. The molecule has 7 nitrogen and oxygen atoms in total. The number of carbonyl (C=O) groups is 1. The van der Waals surface area contributed by atoms with Crippen molar-refractivity contribution in [2.75, 3.05) is 25.2 Å². The molecule has 0 aliphatic heterocycles. The molecule has 0 radical (unpaired) electrons. The maximum Gasteiger partial charge on any atom is 0.239 e. The van der Waals surface area contributed by atoms with Gasteiger partial charge in [-0.05, 0) is 30.3 Å². The van der Waals surface area contributed by atoms with E-state index in [-0.39, 0.29) is 6.54 Å². The fourth-order valence-electron chi connectivity index (χ4n) is 1.64. The Labute approximate surface area is 123 Å². The number of hydrogen-bond acceptors (Lipinski definition) is 4. The summed E-state index contributed by atoms with van der Waals surface area (Å²) in [4.78, 5) is 11.7. The van der Waals surface area contributed by atoms with Gasteiger partial charge in [-0.25, -0.2) is 13.1 Å². The number of aromatic nitrogens is 2. The quantitative estimate of drug-likeness (QED) is 0.881. The first-order valence-electron chi connectivity index (χ1n) is 6.17. The second-order valence-electron chi connectivity index (χ2n) is 4.56. The molecule has 0 aliphatic rings. The van der Waals surface area contributed by atoms with E-state index >= 15 is 0 Å². The highest BCUT2D eigenvalue weighted by Gasteiger charge is 2.15. The minimum atomic E-state index is -3.37. The van der Waals surface area contributed by atoms with Gasteiger partial charge < -0.3 is 5.32 Å². The van der Waals surface area contributed by atoms with Crippen molar-refractivity contribution in [2.24, 2.45) is 0 Å². The van der Waals surface area contributed by atoms with Crippen LogP contribution in [0.5, 0.6) is 0 Å². The first-order valence-corrected chi connectivity index (χ1v) is 8.02. The molecule has 112 valence electrons. The van der Waals surface area contributed by atoms with E-state index in [1.807, 2.05) is 24.4 Å². The maximum absolute atomic E-state index is 11.7. The summed E-state index contributed by atoms with van der Waals surface area (Å²) in [5.41, 5.74) is 1.46. The topological polar surface area (TPSA) is 84.3 Å². The zero-order valence-corrected chi connectivity index (χ0v) is 12.5. The average Bonchev–Trinajstić information content (AvgIpc) is 2.92. The predicted octanol–water partition coefficient (Wildman–Crippen LogP) is 0.702. The van der Waals surface area contributed by atoms with Crippen LogP contribution >= 0.6 is 0 Å². The Balaban J connectivity index is 1.99. The summed E-state index contributed by atoms with van der Waals surface area (Å²) in [5, 5.41) is 6.74.